The smallest absolute Gasteiger partial charge is 0.303 e. The fourth-order valence-electron chi connectivity index (χ4n) is 2.98. The molecule has 1 aliphatic heterocycles. The molecule has 0 radical (unpaired) electrons. The van der Waals surface area contributed by atoms with Gasteiger partial charge in [0.2, 0.25) is 0 Å². The van der Waals surface area contributed by atoms with Crippen molar-refractivity contribution in [3.05, 3.63) is 35.9 Å². The number of hydrogen-bond donors (Lipinski definition) is 1. The van der Waals surface area contributed by atoms with E-state index in [1.807, 2.05) is 6.07 Å². The van der Waals surface area contributed by atoms with Gasteiger partial charge in [-0.3, -0.25) is 14.6 Å². The topological polar surface area (TPSA) is 53.0 Å². The van der Waals surface area contributed by atoms with Crippen LogP contribution in [0.3, 0.4) is 0 Å². The summed E-state index contributed by atoms with van der Waals surface area (Å²) in [7, 11) is 0. The maximum Gasteiger partial charge on any atom is 0.303 e. The van der Waals surface area contributed by atoms with Crippen molar-refractivity contribution in [2.45, 2.75) is 32.4 Å². The van der Waals surface area contributed by atoms with Crippen LogP contribution >= 0.6 is 0 Å². The van der Waals surface area contributed by atoms with E-state index in [9.17, 15) is 4.79 Å². The van der Waals surface area contributed by atoms with Crippen LogP contribution in [-0.2, 0) is 16.1 Å². The molecule has 5 heteroatoms. The first-order chi connectivity index (χ1) is 11.1. The summed E-state index contributed by atoms with van der Waals surface area (Å²) in [6, 6.07) is 10.8. The average molecular weight is 320 g/mol. The van der Waals surface area contributed by atoms with Gasteiger partial charge in [-0.15, -0.1) is 0 Å². The van der Waals surface area contributed by atoms with Crippen molar-refractivity contribution >= 4 is 5.97 Å². The molecule has 1 aromatic carbocycles. The Labute approximate surface area is 138 Å². The number of carboxylic acid groups (broad SMARTS) is 1. The summed E-state index contributed by atoms with van der Waals surface area (Å²) >= 11 is 0. The predicted octanol–water partition coefficient (Wildman–Crippen LogP) is 2.07. The van der Waals surface area contributed by atoms with Gasteiger partial charge in [-0.1, -0.05) is 30.3 Å². The normalized spacial score (nSPS) is 17.3. The van der Waals surface area contributed by atoms with Crippen LogP contribution < -0.4 is 0 Å². The molecule has 5 nitrogen and oxygen atoms in total. The first kappa shape index (κ1) is 17.9. The van der Waals surface area contributed by atoms with Crippen molar-refractivity contribution in [2.24, 2.45) is 0 Å². The Bertz CT molecular complexity index is 461. The second-order valence-electron chi connectivity index (χ2n) is 6.22. The Balaban J connectivity index is 1.91. The summed E-state index contributed by atoms with van der Waals surface area (Å²) in [5.74, 6) is -0.717. The maximum absolute atomic E-state index is 10.8. The molecule has 23 heavy (non-hydrogen) atoms. The van der Waals surface area contributed by atoms with Crippen molar-refractivity contribution in [1.82, 2.24) is 9.80 Å². The summed E-state index contributed by atoms with van der Waals surface area (Å²) < 4.78 is 5.41. The molecule has 1 saturated heterocycles. The Hall–Kier alpha value is -1.43. The van der Waals surface area contributed by atoms with E-state index in [2.05, 4.69) is 41.0 Å². The molecule has 0 spiro atoms. The second-order valence-corrected chi connectivity index (χ2v) is 6.22. The summed E-state index contributed by atoms with van der Waals surface area (Å²) in [6.07, 6.45) is 0.922. The molecule has 0 aliphatic carbocycles. The van der Waals surface area contributed by atoms with Gasteiger partial charge in [-0.05, 0) is 25.5 Å². The molecule has 0 amide bonds. The van der Waals surface area contributed by atoms with E-state index in [-0.39, 0.29) is 6.42 Å². The molecule has 1 aromatic rings. The van der Waals surface area contributed by atoms with Crippen molar-refractivity contribution in [3.8, 4) is 0 Å². The van der Waals surface area contributed by atoms with Gasteiger partial charge in [-0.25, -0.2) is 0 Å². The number of morpholine rings is 1. The fourth-order valence-corrected chi connectivity index (χ4v) is 2.98. The molecule has 1 heterocycles. The Morgan fingerprint density at radius 2 is 2.00 bits per heavy atom. The first-order valence-electron chi connectivity index (χ1n) is 8.45. The lowest BCUT2D eigenvalue weighted by Crippen LogP contribution is -2.46. The highest BCUT2D eigenvalue weighted by Crippen LogP contribution is 2.12. The van der Waals surface area contributed by atoms with E-state index in [0.717, 1.165) is 45.9 Å². The summed E-state index contributed by atoms with van der Waals surface area (Å²) in [5, 5.41) is 8.88. The van der Waals surface area contributed by atoms with Crippen LogP contribution in [0.4, 0.5) is 0 Å². The van der Waals surface area contributed by atoms with Gasteiger partial charge >= 0.3 is 5.97 Å². The third kappa shape index (κ3) is 6.69. The van der Waals surface area contributed by atoms with Crippen LogP contribution in [0.15, 0.2) is 30.3 Å². The van der Waals surface area contributed by atoms with Crippen LogP contribution in [-0.4, -0.2) is 66.3 Å². The second kappa shape index (κ2) is 9.65. The average Bonchev–Trinajstić information content (AvgIpc) is 2.55. The van der Waals surface area contributed by atoms with Gasteiger partial charge in [0.15, 0.2) is 0 Å². The molecule has 1 N–H and O–H groups in total. The van der Waals surface area contributed by atoms with E-state index in [4.69, 9.17) is 9.84 Å². The number of carbonyl (C=O) groups is 1. The maximum atomic E-state index is 10.8. The quantitative estimate of drug-likeness (QED) is 0.755. The largest absolute Gasteiger partial charge is 0.481 e. The van der Waals surface area contributed by atoms with Crippen LogP contribution in [0.5, 0.6) is 0 Å². The minimum atomic E-state index is -0.717. The lowest BCUT2D eigenvalue weighted by atomic mass is 10.1. The van der Waals surface area contributed by atoms with Crippen molar-refractivity contribution in [1.29, 1.82) is 0 Å². The zero-order chi connectivity index (χ0) is 16.5. The molecule has 1 aliphatic rings. The first-order valence-corrected chi connectivity index (χ1v) is 8.45. The van der Waals surface area contributed by atoms with Gasteiger partial charge in [0, 0.05) is 38.6 Å². The fraction of sp³-hybridized carbons (Fsp3) is 0.611. The van der Waals surface area contributed by atoms with Crippen LogP contribution in [0.1, 0.15) is 25.3 Å². The summed E-state index contributed by atoms with van der Waals surface area (Å²) in [6.45, 7) is 8.51. The molecule has 1 fully saturated rings. The zero-order valence-electron chi connectivity index (χ0n) is 14.0. The Morgan fingerprint density at radius 3 is 2.65 bits per heavy atom. The molecule has 128 valence electrons. The highest BCUT2D eigenvalue weighted by Gasteiger charge is 2.19. The minimum absolute atomic E-state index is 0.232. The number of benzene rings is 1. The number of hydrogen-bond acceptors (Lipinski definition) is 4. The number of carboxylic acids is 1. The summed E-state index contributed by atoms with van der Waals surface area (Å²) in [5.41, 5.74) is 1.27. The molecule has 0 saturated carbocycles. The SMILES string of the molecule is CC(CN1CCOCC1)N(CCCC(=O)O)Cc1ccccc1. The monoisotopic (exact) mass is 320 g/mol. The zero-order valence-corrected chi connectivity index (χ0v) is 14.0. The molecule has 1 atom stereocenters. The third-order valence-corrected chi connectivity index (χ3v) is 4.31. The molecule has 0 bridgehead atoms. The van der Waals surface area contributed by atoms with Crippen molar-refractivity contribution in [2.75, 3.05) is 39.4 Å². The molecular weight excluding hydrogens is 292 g/mol. The van der Waals surface area contributed by atoms with Crippen molar-refractivity contribution in [3.63, 3.8) is 0 Å². The number of rotatable bonds is 9. The predicted molar refractivity (Wildman–Crippen MR) is 90.4 cm³/mol. The lowest BCUT2D eigenvalue weighted by Gasteiger charge is -2.35. The van der Waals surface area contributed by atoms with Crippen molar-refractivity contribution < 1.29 is 14.6 Å². The van der Waals surface area contributed by atoms with E-state index in [1.54, 1.807) is 0 Å². The van der Waals surface area contributed by atoms with Gasteiger partial charge in [0.05, 0.1) is 13.2 Å². The van der Waals surface area contributed by atoms with Crippen LogP contribution in [0.2, 0.25) is 0 Å². The minimum Gasteiger partial charge on any atom is -0.481 e. The third-order valence-electron chi connectivity index (χ3n) is 4.31. The van der Waals surface area contributed by atoms with E-state index >= 15 is 0 Å². The highest BCUT2D eigenvalue weighted by atomic mass is 16.5. The van der Waals surface area contributed by atoms with Gasteiger partial charge < -0.3 is 9.84 Å². The van der Waals surface area contributed by atoms with Gasteiger partial charge in [-0.2, -0.15) is 0 Å². The lowest BCUT2D eigenvalue weighted by molar-refractivity contribution is -0.137. The van der Waals surface area contributed by atoms with Gasteiger partial charge in [0.25, 0.3) is 0 Å². The molecular formula is C18H28N2O3. The number of aliphatic carboxylic acids is 1. The summed E-state index contributed by atoms with van der Waals surface area (Å²) in [4.78, 5) is 15.6. The number of ether oxygens (including phenoxy) is 1. The molecule has 2 rings (SSSR count). The standard InChI is InChI=1S/C18H28N2O3/c1-16(14-19-10-12-23-13-11-19)20(9-5-8-18(21)22)15-17-6-3-2-4-7-17/h2-4,6-7,16H,5,8-15H2,1H3,(H,21,22). The van der Waals surface area contributed by atoms with E-state index in [0.29, 0.717) is 12.5 Å². The Morgan fingerprint density at radius 1 is 1.30 bits per heavy atom. The number of nitrogens with zero attached hydrogens (tertiary/aromatic N) is 2. The molecule has 0 aromatic heterocycles. The highest BCUT2D eigenvalue weighted by molar-refractivity contribution is 5.66. The van der Waals surface area contributed by atoms with E-state index < -0.39 is 5.97 Å². The van der Waals surface area contributed by atoms with E-state index in [1.165, 1.54) is 5.56 Å². The molecule has 1 unspecified atom stereocenters. The van der Waals surface area contributed by atoms with Crippen LogP contribution in [0, 0.1) is 0 Å². The van der Waals surface area contributed by atoms with Crippen LogP contribution in [0.25, 0.3) is 0 Å². The van der Waals surface area contributed by atoms with Gasteiger partial charge in [0.1, 0.15) is 0 Å². The Kier molecular flexibility index (Phi) is 7.52.